The van der Waals surface area contributed by atoms with Crippen LogP contribution < -0.4 is 20.1 Å². The number of ether oxygens (including phenoxy) is 2. The van der Waals surface area contributed by atoms with Gasteiger partial charge in [0.2, 0.25) is 0 Å². The number of amides is 1. The van der Waals surface area contributed by atoms with E-state index in [4.69, 9.17) is 9.47 Å². The summed E-state index contributed by atoms with van der Waals surface area (Å²) in [6.45, 7) is 5.19. The van der Waals surface area contributed by atoms with Gasteiger partial charge in [-0.3, -0.25) is 4.79 Å². The summed E-state index contributed by atoms with van der Waals surface area (Å²) in [6, 6.07) is 3.65. The van der Waals surface area contributed by atoms with Crippen molar-refractivity contribution >= 4 is 34.2 Å². The molecule has 0 aliphatic carbocycles. The molecule has 126 valence electrons. The topological polar surface area (TPSA) is 59.6 Å². The number of rotatable bonds is 8. The molecule has 0 saturated heterocycles. The molecule has 7 heteroatoms. The molecule has 0 spiro atoms. The Bertz CT molecular complexity index is 486. The number of benzene rings is 1. The normalized spacial score (nSPS) is 11.3. The Balaban J connectivity index is 0.00000441. The fraction of sp³-hybridized carbons (Fsp3) is 0.533. The number of methoxy groups -OCH3 is 1. The van der Waals surface area contributed by atoms with Gasteiger partial charge in [0.15, 0.2) is 11.5 Å². The Labute approximate surface area is 146 Å². The quantitative estimate of drug-likeness (QED) is 0.710. The molecule has 22 heavy (non-hydrogen) atoms. The van der Waals surface area contributed by atoms with Crippen molar-refractivity contribution in [3.8, 4) is 11.5 Å². The predicted octanol–water partition coefficient (Wildman–Crippen LogP) is 3.01. The largest absolute Gasteiger partial charge is 0.493 e. The van der Waals surface area contributed by atoms with E-state index in [1.54, 1.807) is 19.2 Å². The second-order valence-electron chi connectivity index (χ2n) is 4.74. The van der Waals surface area contributed by atoms with Crippen molar-refractivity contribution < 1.29 is 14.3 Å². The molecule has 0 radical (unpaired) electrons. The van der Waals surface area contributed by atoms with Crippen LogP contribution in [0.25, 0.3) is 0 Å². The van der Waals surface area contributed by atoms with Crippen LogP contribution in [0.2, 0.25) is 0 Å². The number of hydrogen-bond donors (Lipinski definition) is 2. The first kappa shape index (κ1) is 21.0. The van der Waals surface area contributed by atoms with Gasteiger partial charge in [0.05, 0.1) is 18.2 Å². The smallest absolute Gasteiger partial charge is 0.251 e. The van der Waals surface area contributed by atoms with Crippen LogP contribution in [-0.4, -0.2) is 39.3 Å². The van der Waals surface area contributed by atoms with Gasteiger partial charge in [0, 0.05) is 18.2 Å². The van der Waals surface area contributed by atoms with Gasteiger partial charge in [0.1, 0.15) is 0 Å². The van der Waals surface area contributed by atoms with E-state index in [0.29, 0.717) is 34.7 Å². The lowest BCUT2D eigenvalue weighted by Gasteiger charge is -2.15. The standard InChI is InChI=1S/C15H23BrN2O3.ClH/c1-5-6-21-14-12(16)7-11(8-13(14)20-4)15(19)18-9-10(2)17-3;/h7-8,10,17H,5-6,9H2,1-4H3,(H,18,19);1H. The molecule has 0 aliphatic heterocycles. The third-order valence-electron chi connectivity index (χ3n) is 3.00. The van der Waals surface area contributed by atoms with Gasteiger partial charge in [0.25, 0.3) is 5.91 Å². The summed E-state index contributed by atoms with van der Waals surface area (Å²) in [7, 11) is 3.42. The van der Waals surface area contributed by atoms with Crippen LogP contribution in [0.1, 0.15) is 30.6 Å². The molecule has 1 rings (SSSR count). The van der Waals surface area contributed by atoms with E-state index < -0.39 is 0 Å². The van der Waals surface area contributed by atoms with Gasteiger partial charge < -0.3 is 20.1 Å². The number of nitrogens with one attached hydrogen (secondary N) is 2. The Morgan fingerprint density at radius 3 is 2.64 bits per heavy atom. The highest BCUT2D eigenvalue weighted by Crippen LogP contribution is 2.36. The van der Waals surface area contributed by atoms with Crippen LogP contribution in [0.5, 0.6) is 11.5 Å². The summed E-state index contributed by atoms with van der Waals surface area (Å²) in [5.41, 5.74) is 0.533. The van der Waals surface area contributed by atoms with Crippen LogP contribution >= 0.6 is 28.3 Å². The van der Waals surface area contributed by atoms with E-state index in [0.717, 1.165) is 6.42 Å². The molecule has 0 fully saturated rings. The minimum absolute atomic E-state index is 0. The van der Waals surface area contributed by atoms with Crippen molar-refractivity contribution in [2.75, 3.05) is 27.3 Å². The van der Waals surface area contributed by atoms with Gasteiger partial charge in [-0.1, -0.05) is 6.92 Å². The number of likely N-dealkylation sites (N-methyl/N-ethyl adjacent to an activating group) is 1. The van der Waals surface area contributed by atoms with Crippen LogP contribution in [0, 0.1) is 0 Å². The zero-order valence-corrected chi connectivity index (χ0v) is 15.8. The van der Waals surface area contributed by atoms with Crippen molar-refractivity contribution in [2.24, 2.45) is 0 Å². The molecule has 1 atom stereocenters. The van der Waals surface area contributed by atoms with Gasteiger partial charge in [-0.15, -0.1) is 12.4 Å². The van der Waals surface area contributed by atoms with E-state index >= 15 is 0 Å². The average Bonchev–Trinajstić information content (AvgIpc) is 2.50. The van der Waals surface area contributed by atoms with Crippen molar-refractivity contribution in [1.82, 2.24) is 10.6 Å². The number of carbonyl (C=O) groups excluding carboxylic acids is 1. The number of halogens is 2. The molecular weight excluding hydrogens is 372 g/mol. The third-order valence-corrected chi connectivity index (χ3v) is 3.59. The SMILES string of the molecule is CCCOc1c(Br)cc(C(=O)NCC(C)NC)cc1OC.Cl. The third kappa shape index (κ3) is 6.02. The lowest BCUT2D eigenvalue weighted by molar-refractivity contribution is 0.0950. The van der Waals surface area contributed by atoms with Crippen LogP contribution in [-0.2, 0) is 0 Å². The molecule has 0 saturated carbocycles. The first-order valence-electron chi connectivity index (χ1n) is 6.99. The van der Waals surface area contributed by atoms with Crippen LogP contribution in [0.4, 0.5) is 0 Å². The van der Waals surface area contributed by atoms with E-state index in [2.05, 4.69) is 26.6 Å². The maximum Gasteiger partial charge on any atom is 0.251 e. The number of carbonyl (C=O) groups is 1. The molecule has 1 amide bonds. The molecule has 0 heterocycles. The van der Waals surface area contributed by atoms with Crippen molar-refractivity contribution in [1.29, 1.82) is 0 Å². The molecule has 1 aromatic rings. The van der Waals surface area contributed by atoms with Gasteiger partial charge >= 0.3 is 0 Å². The minimum atomic E-state index is -0.141. The fourth-order valence-corrected chi connectivity index (χ4v) is 2.20. The predicted molar refractivity (Wildman–Crippen MR) is 94.6 cm³/mol. The van der Waals surface area contributed by atoms with Crippen LogP contribution in [0.3, 0.4) is 0 Å². The fourth-order valence-electron chi connectivity index (χ4n) is 1.65. The van der Waals surface area contributed by atoms with E-state index in [1.165, 1.54) is 0 Å². The van der Waals surface area contributed by atoms with E-state index in [-0.39, 0.29) is 24.4 Å². The summed E-state index contributed by atoms with van der Waals surface area (Å²) in [5.74, 6) is 1.03. The van der Waals surface area contributed by atoms with Crippen molar-refractivity contribution in [3.63, 3.8) is 0 Å². The van der Waals surface area contributed by atoms with E-state index in [9.17, 15) is 4.79 Å². The highest BCUT2D eigenvalue weighted by molar-refractivity contribution is 9.10. The first-order chi connectivity index (χ1) is 10.0. The first-order valence-corrected chi connectivity index (χ1v) is 7.78. The average molecular weight is 396 g/mol. The highest BCUT2D eigenvalue weighted by Gasteiger charge is 2.15. The molecule has 5 nitrogen and oxygen atoms in total. The lowest BCUT2D eigenvalue weighted by atomic mass is 10.2. The number of hydrogen-bond acceptors (Lipinski definition) is 4. The summed E-state index contributed by atoms with van der Waals surface area (Å²) < 4.78 is 11.7. The van der Waals surface area contributed by atoms with Crippen LogP contribution in [0.15, 0.2) is 16.6 Å². The molecule has 0 aromatic heterocycles. The zero-order chi connectivity index (χ0) is 15.8. The summed E-state index contributed by atoms with van der Waals surface area (Å²) in [4.78, 5) is 12.2. The monoisotopic (exact) mass is 394 g/mol. The van der Waals surface area contributed by atoms with Crippen molar-refractivity contribution in [3.05, 3.63) is 22.2 Å². The summed E-state index contributed by atoms with van der Waals surface area (Å²) in [5, 5.41) is 5.94. The molecule has 1 aromatic carbocycles. The maximum atomic E-state index is 12.2. The van der Waals surface area contributed by atoms with Gasteiger partial charge in [-0.2, -0.15) is 0 Å². The molecule has 0 aliphatic rings. The Hall–Kier alpha value is -0.980. The lowest BCUT2D eigenvalue weighted by Crippen LogP contribution is -2.37. The van der Waals surface area contributed by atoms with Crippen molar-refractivity contribution in [2.45, 2.75) is 26.3 Å². The van der Waals surface area contributed by atoms with Gasteiger partial charge in [-0.25, -0.2) is 0 Å². The Kier molecular flexibility index (Phi) is 10.2. The molecular formula is C15H24BrClN2O3. The van der Waals surface area contributed by atoms with Gasteiger partial charge in [-0.05, 0) is 48.5 Å². The molecule has 1 unspecified atom stereocenters. The summed E-state index contributed by atoms with van der Waals surface area (Å²) >= 11 is 3.43. The highest BCUT2D eigenvalue weighted by atomic mass is 79.9. The maximum absolute atomic E-state index is 12.2. The second-order valence-corrected chi connectivity index (χ2v) is 5.59. The Morgan fingerprint density at radius 1 is 1.41 bits per heavy atom. The second kappa shape index (κ2) is 10.7. The summed E-state index contributed by atoms with van der Waals surface area (Å²) in [6.07, 6.45) is 0.903. The Morgan fingerprint density at radius 2 is 2.09 bits per heavy atom. The van der Waals surface area contributed by atoms with E-state index in [1.807, 2.05) is 20.9 Å². The molecule has 0 bridgehead atoms. The minimum Gasteiger partial charge on any atom is -0.493 e. The zero-order valence-electron chi connectivity index (χ0n) is 13.4. The molecule has 2 N–H and O–H groups in total.